The second-order valence-corrected chi connectivity index (χ2v) is 4.93. The van der Waals surface area contributed by atoms with Crippen LogP contribution in [-0.4, -0.2) is 19.3 Å². The third-order valence-corrected chi connectivity index (χ3v) is 3.65. The van der Waals surface area contributed by atoms with Gasteiger partial charge in [0, 0.05) is 10.6 Å². The zero-order chi connectivity index (χ0) is 14.7. The zero-order valence-corrected chi connectivity index (χ0v) is 12.4. The Labute approximate surface area is 123 Å². The number of rotatable bonds is 4. The Kier molecular flexibility index (Phi) is 4.53. The van der Waals surface area contributed by atoms with Crippen LogP contribution in [0.25, 0.3) is 0 Å². The minimum atomic E-state index is -0.821. The molecule has 0 fully saturated rings. The molecule has 20 heavy (non-hydrogen) atoms. The molecule has 0 saturated carbocycles. The summed E-state index contributed by atoms with van der Waals surface area (Å²) in [5, 5.41) is 11.2. The fourth-order valence-electron chi connectivity index (χ4n) is 2.01. The molecule has 0 radical (unpaired) electrons. The Morgan fingerprint density at radius 3 is 2.40 bits per heavy atom. The van der Waals surface area contributed by atoms with Crippen LogP contribution < -0.4 is 9.47 Å². The monoisotopic (exact) mass is 292 g/mol. The van der Waals surface area contributed by atoms with E-state index < -0.39 is 6.10 Å². The maximum absolute atomic E-state index is 10.5. The van der Waals surface area contributed by atoms with Crippen LogP contribution in [0.2, 0.25) is 5.02 Å². The number of benzene rings is 2. The fraction of sp³-hybridized carbons (Fsp3) is 0.250. The smallest absolute Gasteiger partial charge is 0.125 e. The molecule has 0 spiro atoms. The lowest BCUT2D eigenvalue weighted by molar-refractivity contribution is 0.214. The summed E-state index contributed by atoms with van der Waals surface area (Å²) in [5.41, 5.74) is 2.33. The molecule has 1 atom stereocenters. The van der Waals surface area contributed by atoms with Crippen molar-refractivity contribution in [2.75, 3.05) is 14.2 Å². The molecular formula is C16H17ClO3. The highest BCUT2D eigenvalue weighted by Crippen LogP contribution is 2.34. The van der Waals surface area contributed by atoms with E-state index in [9.17, 15) is 5.11 Å². The highest BCUT2D eigenvalue weighted by molar-refractivity contribution is 6.31. The molecular weight excluding hydrogens is 276 g/mol. The Morgan fingerprint density at radius 2 is 1.80 bits per heavy atom. The first-order valence-electron chi connectivity index (χ1n) is 6.23. The lowest BCUT2D eigenvalue weighted by Gasteiger charge is -2.17. The summed E-state index contributed by atoms with van der Waals surface area (Å²) in [6, 6.07) is 10.8. The number of aliphatic hydroxyl groups is 1. The topological polar surface area (TPSA) is 38.7 Å². The van der Waals surface area contributed by atoms with E-state index in [4.69, 9.17) is 21.1 Å². The predicted molar refractivity (Wildman–Crippen MR) is 79.8 cm³/mol. The van der Waals surface area contributed by atoms with Crippen LogP contribution in [0.15, 0.2) is 36.4 Å². The lowest BCUT2D eigenvalue weighted by atomic mass is 9.99. The maximum atomic E-state index is 10.5. The van der Waals surface area contributed by atoms with Gasteiger partial charge in [-0.1, -0.05) is 23.7 Å². The first-order valence-corrected chi connectivity index (χ1v) is 6.60. The van der Waals surface area contributed by atoms with Crippen LogP contribution in [0, 0.1) is 6.92 Å². The number of hydrogen-bond acceptors (Lipinski definition) is 3. The average molecular weight is 293 g/mol. The van der Waals surface area contributed by atoms with Crippen molar-refractivity contribution in [3.63, 3.8) is 0 Å². The molecule has 2 rings (SSSR count). The summed E-state index contributed by atoms with van der Waals surface area (Å²) >= 11 is 6.11. The summed E-state index contributed by atoms with van der Waals surface area (Å²) < 4.78 is 10.5. The number of ether oxygens (including phenoxy) is 2. The van der Waals surface area contributed by atoms with Gasteiger partial charge in [0.2, 0.25) is 0 Å². The average Bonchev–Trinajstić information content (AvgIpc) is 2.48. The summed E-state index contributed by atoms with van der Waals surface area (Å²) in [4.78, 5) is 0. The van der Waals surface area contributed by atoms with Crippen molar-refractivity contribution in [1.29, 1.82) is 0 Å². The third-order valence-electron chi connectivity index (χ3n) is 3.24. The normalized spacial score (nSPS) is 12.1. The Morgan fingerprint density at radius 1 is 1.05 bits per heavy atom. The number of halogens is 1. The molecule has 0 aliphatic rings. The van der Waals surface area contributed by atoms with Gasteiger partial charge in [0.15, 0.2) is 0 Å². The molecule has 0 aromatic heterocycles. The van der Waals surface area contributed by atoms with E-state index in [1.165, 1.54) is 0 Å². The molecule has 0 heterocycles. The van der Waals surface area contributed by atoms with Gasteiger partial charge in [-0.25, -0.2) is 0 Å². The first kappa shape index (κ1) is 14.7. The van der Waals surface area contributed by atoms with Crippen LogP contribution in [0.3, 0.4) is 0 Å². The van der Waals surface area contributed by atoms with Crippen LogP contribution in [0.4, 0.5) is 0 Å². The standard InChI is InChI=1S/C16H17ClO3/c1-10-4-5-11(8-14(10)17)16(18)13-9-12(19-2)6-7-15(13)20-3/h4-9,16,18H,1-3H3. The van der Waals surface area contributed by atoms with Crippen molar-refractivity contribution in [2.45, 2.75) is 13.0 Å². The first-order chi connectivity index (χ1) is 9.56. The van der Waals surface area contributed by atoms with Gasteiger partial charge >= 0.3 is 0 Å². The molecule has 3 nitrogen and oxygen atoms in total. The largest absolute Gasteiger partial charge is 0.497 e. The van der Waals surface area contributed by atoms with Gasteiger partial charge in [-0.15, -0.1) is 0 Å². The van der Waals surface area contributed by atoms with Gasteiger partial charge in [-0.05, 0) is 42.3 Å². The van der Waals surface area contributed by atoms with Crippen molar-refractivity contribution in [1.82, 2.24) is 0 Å². The molecule has 0 amide bonds. The molecule has 0 saturated heterocycles. The van der Waals surface area contributed by atoms with E-state index in [0.717, 1.165) is 5.56 Å². The number of hydrogen-bond donors (Lipinski definition) is 1. The SMILES string of the molecule is COc1ccc(OC)c(C(O)c2ccc(C)c(Cl)c2)c1. The van der Waals surface area contributed by atoms with E-state index in [0.29, 0.717) is 27.6 Å². The molecule has 2 aromatic carbocycles. The number of aliphatic hydroxyl groups excluding tert-OH is 1. The van der Waals surface area contributed by atoms with Crippen molar-refractivity contribution in [3.05, 3.63) is 58.1 Å². The van der Waals surface area contributed by atoms with Crippen molar-refractivity contribution in [3.8, 4) is 11.5 Å². The molecule has 2 aromatic rings. The Balaban J connectivity index is 2.45. The van der Waals surface area contributed by atoms with E-state index in [2.05, 4.69) is 0 Å². The van der Waals surface area contributed by atoms with Gasteiger partial charge in [-0.2, -0.15) is 0 Å². The highest BCUT2D eigenvalue weighted by Gasteiger charge is 2.17. The van der Waals surface area contributed by atoms with E-state index >= 15 is 0 Å². The van der Waals surface area contributed by atoms with Crippen molar-refractivity contribution < 1.29 is 14.6 Å². The van der Waals surface area contributed by atoms with Gasteiger partial charge in [0.05, 0.1) is 14.2 Å². The minimum Gasteiger partial charge on any atom is -0.497 e. The lowest BCUT2D eigenvalue weighted by Crippen LogP contribution is -2.03. The summed E-state index contributed by atoms with van der Waals surface area (Å²) in [7, 11) is 3.15. The van der Waals surface area contributed by atoms with Crippen molar-refractivity contribution in [2.24, 2.45) is 0 Å². The van der Waals surface area contributed by atoms with E-state index in [1.54, 1.807) is 38.5 Å². The van der Waals surface area contributed by atoms with Crippen LogP contribution in [-0.2, 0) is 0 Å². The van der Waals surface area contributed by atoms with Gasteiger partial charge in [0.1, 0.15) is 17.6 Å². The predicted octanol–water partition coefficient (Wildman–Crippen LogP) is 3.75. The van der Waals surface area contributed by atoms with Crippen LogP contribution in [0.1, 0.15) is 22.8 Å². The summed E-state index contributed by atoms with van der Waals surface area (Å²) in [5.74, 6) is 1.27. The Bertz CT molecular complexity index is 611. The Hall–Kier alpha value is -1.71. The van der Waals surface area contributed by atoms with Gasteiger partial charge < -0.3 is 14.6 Å². The minimum absolute atomic E-state index is 0.606. The van der Waals surface area contributed by atoms with E-state index in [-0.39, 0.29) is 0 Å². The van der Waals surface area contributed by atoms with Gasteiger partial charge in [-0.3, -0.25) is 0 Å². The molecule has 0 aliphatic heterocycles. The third kappa shape index (κ3) is 2.89. The quantitative estimate of drug-likeness (QED) is 0.933. The number of methoxy groups -OCH3 is 2. The summed E-state index contributed by atoms with van der Waals surface area (Å²) in [6.07, 6.45) is -0.821. The van der Waals surface area contributed by atoms with Crippen LogP contribution in [0.5, 0.6) is 11.5 Å². The second kappa shape index (κ2) is 6.16. The molecule has 1 unspecified atom stereocenters. The van der Waals surface area contributed by atoms with E-state index in [1.807, 2.05) is 19.1 Å². The maximum Gasteiger partial charge on any atom is 0.125 e. The number of aryl methyl sites for hydroxylation is 1. The second-order valence-electron chi connectivity index (χ2n) is 4.52. The van der Waals surface area contributed by atoms with Crippen LogP contribution >= 0.6 is 11.6 Å². The fourth-order valence-corrected chi connectivity index (χ4v) is 2.20. The zero-order valence-electron chi connectivity index (χ0n) is 11.7. The summed E-state index contributed by atoms with van der Waals surface area (Å²) in [6.45, 7) is 1.92. The molecule has 4 heteroatoms. The molecule has 0 bridgehead atoms. The molecule has 106 valence electrons. The highest BCUT2D eigenvalue weighted by atomic mass is 35.5. The van der Waals surface area contributed by atoms with Gasteiger partial charge in [0.25, 0.3) is 0 Å². The molecule has 1 N–H and O–H groups in total. The molecule has 0 aliphatic carbocycles. The van der Waals surface area contributed by atoms with Crippen molar-refractivity contribution >= 4 is 11.6 Å².